The second-order valence-corrected chi connectivity index (χ2v) is 6.37. The van der Waals surface area contributed by atoms with Crippen molar-refractivity contribution in [1.82, 2.24) is 5.32 Å². The first-order chi connectivity index (χ1) is 9.96. The van der Waals surface area contributed by atoms with Crippen LogP contribution in [0, 0.1) is 17.7 Å². The minimum absolute atomic E-state index is 0.0383. The Morgan fingerprint density at radius 2 is 2.14 bits per heavy atom. The van der Waals surface area contributed by atoms with Gasteiger partial charge in [-0.3, -0.25) is 4.79 Å². The van der Waals surface area contributed by atoms with Gasteiger partial charge in [-0.2, -0.15) is 0 Å². The van der Waals surface area contributed by atoms with E-state index < -0.39 is 5.54 Å². The Kier molecular flexibility index (Phi) is 4.99. The molecule has 1 aromatic carbocycles. The number of carbonyl (C=O) groups excluding carboxylic acids is 1. The molecule has 1 aliphatic carbocycles. The summed E-state index contributed by atoms with van der Waals surface area (Å²) in [5.41, 5.74) is 0.132. The Balaban J connectivity index is 1.86. The fourth-order valence-electron chi connectivity index (χ4n) is 2.60. The SMILES string of the molecule is CC(CCc1ccccc1F)C(=O)NC(C)(CO)C1CC1. The van der Waals surface area contributed by atoms with Crippen LogP contribution in [-0.2, 0) is 11.2 Å². The van der Waals surface area contributed by atoms with Crippen LogP contribution >= 0.6 is 0 Å². The lowest BCUT2D eigenvalue weighted by Crippen LogP contribution is -2.52. The van der Waals surface area contributed by atoms with Gasteiger partial charge >= 0.3 is 0 Å². The first-order valence-electron chi connectivity index (χ1n) is 7.62. The summed E-state index contributed by atoms with van der Waals surface area (Å²) in [5, 5.41) is 12.5. The number of carbonyl (C=O) groups is 1. The van der Waals surface area contributed by atoms with Crippen molar-refractivity contribution in [3.05, 3.63) is 35.6 Å². The third kappa shape index (κ3) is 4.03. The number of hydrogen-bond donors (Lipinski definition) is 2. The van der Waals surface area contributed by atoms with E-state index in [-0.39, 0.29) is 24.2 Å². The first-order valence-corrected chi connectivity index (χ1v) is 7.62. The van der Waals surface area contributed by atoms with Gasteiger partial charge in [0.2, 0.25) is 5.91 Å². The highest BCUT2D eigenvalue weighted by molar-refractivity contribution is 5.79. The molecule has 0 spiro atoms. The van der Waals surface area contributed by atoms with Gasteiger partial charge in [-0.05, 0) is 50.2 Å². The number of amides is 1. The largest absolute Gasteiger partial charge is 0.394 e. The van der Waals surface area contributed by atoms with Gasteiger partial charge in [-0.15, -0.1) is 0 Å². The molecular weight excluding hydrogens is 269 g/mol. The Labute approximate surface area is 125 Å². The van der Waals surface area contributed by atoms with Gasteiger partial charge in [0.1, 0.15) is 5.82 Å². The number of nitrogens with one attached hydrogen (secondary N) is 1. The van der Waals surface area contributed by atoms with Gasteiger partial charge in [-0.25, -0.2) is 4.39 Å². The molecule has 2 atom stereocenters. The molecule has 0 aliphatic heterocycles. The van der Waals surface area contributed by atoms with Crippen LogP contribution in [0.15, 0.2) is 24.3 Å². The molecule has 2 N–H and O–H groups in total. The molecule has 0 radical (unpaired) electrons. The van der Waals surface area contributed by atoms with E-state index in [0.717, 1.165) is 12.8 Å². The highest BCUT2D eigenvalue weighted by Gasteiger charge is 2.42. The van der Waals surface area contributed by atoms with Crippen LogP contribution in [0.1, 0.15) is 38.7 Å². The maximum absolute atomic E-state index is 13.5. The first kappa shape index (κ1) is 16.0. The summed E-state index contributed by atoms with van der Waals surface area (Å²) in [7, 11) is 0. The van der Waals surface area contributed by atoms with Crippen LogP contribution in [0.4, 0.5) is 4.39 Å². The lowest BCUT2D eigenvalue weighted by molar-refractivity contribution is -0.127. The summed E-state index contributed by atoms with van der Waals surface area (Å²) in [6, 6.07) is 6.66. The van der Waals surface area contributed by atoms with E-state index >= 15 is 0 Å². The van der Waals surface area contributed by atoms with Crippen molar-refractivity contribution in [1.29, 1.82) is 0 Å². The fourth-order valence-corrected chi connectivity index (χ4v) is 2.60. The number of benzene rings is 1. The normalized spacial score (nSPS) is 18.9. The van der Waals surface area contributed by atoms with E-state index in [2.05, 4.69) is 5.32 Å². The lowest BCUT2D eigenvalue weighted by Gasteiger charge is -2.30. The van der Waals surface area contributed by atoms with E-state index in [0.29, 0.717) is 24.3 Å². The third-order valence-electron chi connectivity index (χ3n) is 4.47. The Hall–Kier alpha value is -1.42. The van der Waals surface area contributed by atoms with Gasteiger partial charge in [0, 0.05) is 5.92 Å². The van der Waals surface area contributed by atoms with E-state index in [1.165, 1.54) is 6.07 Å². The molecule has 3 nitrogen and oxygen atoms in total. The van der Waals surface area contributed by atoms with Crippen LogP contribution in [0.3, 0.4) is 0 Å². The number of aliphatic hydroxyl groups excluding tert-OH is 1. The highest BCUT2D eigenvalue weighted by Crippen LogP contribution is 2.39. The summed E-state index contributed by atoms with van der Waals surface area (Å²) in [6.07, 6.45) is 3.25. The predicted molar refractivity (Wildman–Crippen MR) is 80.2 cm³/mol. The van der Waals surface area contributed by atoms with Gasteiger partial charge in [-0.1, -0.05) is 25.1 Å². The molecular formula is C17H24FNO2. The Bertz CT molecular complexity index is 501. The number of rotatable bonds is 7. The predicted octanol–water partition coefficient (Wildman–Crippen LogP) is 2.67. The van der Waals surface area contributed by atoms with Crippen molar-refractivity contribution in [3.8, 4) is 0 Å². The van der Waals surface area contributed by atoms with E-state index in [1.807, 2.05) is 13.8 Å². The molecule has 21 heavy (non-hydrogen) atoms. The van der Waals surface area contributed by atoms with Crippen LogP contribution < -0.4 is 5.32 Å². The monoisotopic (exact) mass is 293 g/mol. The van der Waals surface area contributed by atoms with Gasteiger partial charge < -0.3 is 10.4 Å². The lowest BCUT2D eigenvalue weighted by atomic mass is 9.94. The molecule has 4 heteroatoms. The summed E-state index contributed by atoms with van der Waals surface area (Å²) >= 11 is 0. The zero-order chi connectivity index (χ0) is 15.5. The molecule has 1 saturated carbocycles. The second-order valence-electron chi connectivity index (χ2n) is 6.37. The topological polar surface area (TPSA) is 49.3 Å². The molecule has 0 aromatic heterocycles. The summed E-state index contributed by atoms with van der Waals surface area (Å²) in [6.45, 7) is 3.70. The maximum Gasteiger partial charge on any atom is 0.223 e. The van der Waals surface area contributed by atoms with Crippen molar-refractivity contribution in [2.24, 2.45) is 11.8 Å². The van der Waals surface area contributed by atoms with E-state index in [1.54, 1.807) is 18.2 Å². The Morgan fingerprint density at radius 3 is 2.71 bits per heavy atom. The average Bonchev–Trinajstić information content (AvgIpc) is 3.31. The van der Waals surface area contributed by atoms with Crippen molar-refractivity contribution in [3.63, 3.8) is 0 Å². The molecule has 0 saturated heterocycles. The molecule has 1 fully saturated rings. The molecule has 0 bridgehead atoms. The van der Waals surface area contributed by atoms with Gasteiger partial charge in [0.25, 0.3) is 0 Å². The smallest absolute Gasteiger partial charge is 0.223 e. The van der Waals surface area contributed by atoms with Gasteiger partial charge in [0.15, 0.2) is 0 Å². The molecule has 116 valence electrons. The average molecular weight is 293 g/mol. The summed E-state index contributed by atoms with van der Waals surface area (Å²) in [4.78, 5) is 12.2. The van der Waals surface area contributed by atoms with Crippen LogP contribution in [0.5, 0.6) is 0 Å². The minimum Gasteiger partial charge on any atom is -0.394 e. The molecule has 1 amide bonds. The van der Waals surface area contributed by atoms with E-state index in [9.17, 15) is 14.3 Å². The number of aliphatic hydroxyl groups is 1. The summed E-state index contributed by atoms with van der Waals surface area (Å²) in [5.74, 6) is -0.0995. The van der Waals surface area contributed by atoms with Crippen molar-refractivity contribution in [2.45, 2.75) is 45.1 Å². The van der Waals surface area contributed by atoms with Crippen LogP contribution in [0.2, 0.25) is 0 Å². The molecule has 1 aliphatic rings. The zero-order valence-corrected chi connectivity index (χ0v) is 12.7. The number of halogens is 1. The van der Waals surface area contributed by atoms with Crippen LogP contribution in [-0.4, -0.2) is 23.2 Å². The zero-order valence-electron chi connectivity index (χ0n) is 12.7. The third-order valence-corrected chi connectivity index (χ3v) is 4.47. The molecule has 0 heterocycles. The fraction of sp³-hybridized carbons (Fsp3) is 0.588. The Morgan fingerprint density at radius 1 is 1.48 bits per heavy atom. The number of aryl methyl sites for hydroxylation is 1. The van der Waals surface area contributed by atoms with Crippen molar-refractivity contribution < 1.29 is 14.3 Å². The van der Waals surface area contributed by atoms with E-state index in [4.69, 9.17) is 0 Å². The standard InChI is InChI=1S/C17H24FNO2/c1-12(7-8-13-5-3-4-6-15(13)18)16(21)19-17(2,11-20)14-9-10-14/h3-6,12,14,20H,7-11H2,1-2H3,(H,19,21). The number of hydrogen-bond acceptors (Lipinski definition) is 2. The van der Waals surface area contributed by atoms with Crippen LogP contribution in [0.25, 0.3) is 0 Å². The van der Waals surface area contributed by atoms with Gasteiger partial charge in [0.05, 0.1) is 12.1 Å². The molecule has 2 rings (SSSR count). The molecule has 2 unspecified atom stereocenters. The second kappa shape index (κ2) is 6.56. The van der Waals surface area contributed by atoms with Crippen molar-refractivity contribution in [2.75, 3.05) is 6.61 Å². The molecule has 1 aromatic rings. The maximum atomic E-state index is 13.5. The highest BCUT2D eigenvalue weighted by atomic mass is 19.1. The summed E-state index contributed by atoms with van der Waals surface area (Å²) < 4.78 is 13.5. The quantitative estimate of drug-likeness (QED) is 0.812. The minimum atomic E-state index is -0.511. The van der Waals surface area contributed by atoms with Crippen molar-refractivity contribution >= 4 is 5.91 Å².